The fraction of sp³-hybridized carbons (Fsp3) is 0.0714. The van der Waals surface area contributed by atoms with Crippen LogP contribution in [0.2, 0.25) is 0 Å². The van der Waals surface area contributed by atoms with Crippen LogP contribution in [-0.2, 0) is 4.79 Å². The van der Waals surface area contributed by atoms with Gasteiger partial charge in [-0.3, -0.25) is 10.2 Å². The number of nitrogens with one attached hydrogen (secondary N) is 1. The summed E-state index contributed by atoms with van der Waals surface area (Å²) in [4.78, 5) is 11.3. The number of carbonyl (C=O) groups excluding carboxylic acids is 1. The number of rotatable bonds is 4. The van der Waals surface area contributed by atoms with Gasteiger partial charge in [-0.05, 0) is 29.8 Å². The highest BCUT2D eigenvalue weighted by Gasteiger charge is 2.14. The van der Waals surface area contributed by atoms with Gasteiger partial charge in [0.15, 0.2) is 0 Å². The van der Waals surface area contributed by atoms with Crippen LogP contribution in [0.1, 0.15) is 11.6 Å². The summed E-state index contributed by atoms with van der Waals surface area (Å²) in [6, 6.07) is 15.6. The van der Waals surface area contributed by atoms with Gasteiger partial charge in [-0.1, -0.05) is 30.3 Å². The molecule has 0 saturated heterocycles. The van der Waals surface area contributed by atoms with Crippen molar-refractivity contribution in [3.63, 3.8) is 0 Å². The fourth-order valence-electron chi connectivity index (χ4n) is 1.61. The third-order valence-corrected chi connectivity index (χ3v) is 2.64. The molecule has 0 fully saturated rings. The molecular formula is C14H15N3O2. The number of para-hydroxylation sites is 1. The lowest BCUT2D eigenvalue weighted by Crippen LogP contribution is -2.38. The van der Waals surface area contributed by atoms with Crippen LogP contribution >= 0.6 is 0 Å². The lowest BCUT2D eigenvalue weighted by atomic mass is 10.1. The Morgan fingerprint density at radius 1 is 1.00 bits per heavy atom. The summed E-state index contributed by atoms with van der Waals surface area (Å²) in [6.45, 7) is 0. The van der Waals surface area contributed by atoms with Crippen molar-refractivity contribution in [2.24, 2.45) is 11.6 Å². The van der Waals surface area contributed by atoms with E-state index in [1.54, 1.807) is 24.3 Å². The second kappa shape index (κ2) is 5.99. The van der Waals surface area contributed by atoms with Gasteiger partial charge in [0.25, 0.3) is 5.91 Å². The molecule has 5 heteroatoms. The molecule has 1 amide bonds. The SMILES string of the molecule is NNC(=O)C(N)c1ccc(Oc2ccccc2)cc1. The maximum atomic E-state index is 11.3. The highest BCUT2D eigenvalue weighted by atomic mass is 16.5. The second-order valence-corrected chi connectivity index (χ2v) is 3.97. The van der Waals surface area contributed by atoms with Gasteiger partial charge in [-0.2, -0.15) is 0 Å². The zero-order chi connectivity index (χ0) is 13.7. The first-order valence-corrected chi connectivity index (χ1v) is 5.79. The monoisotopic (exact) mass is 257 g/mol. The van der Waals surface area contributed by atoms with Gasteiger partial charge in [0.2, 0.25) is 0 Å². The van der Waals surface area contributed by atoms with Crippen molar-refractivity contribution < 1.29 is 9.53 Å². The Balaban J connectivity index is 2.08. The number of benzene rings is 2. The van der Waals surface area contributed by atoms with Gasteiger partial charge in [0, 0.05) is 0 Å². The van der Waals surface area contributed by atoms with Gasteiger partial charge in [0.1, 0.15) is 17.5 Å². The van der Waals surface area contributed by atoms with Crippen LogP contribution in [0, 0.1) is 0 Å². The lowest BCUT2D eigenvalue weighted by Gasteiger charge is -2.11. The summed E-state index contributed by atoms with van der Waals surface area (Å²) >= 11 is 0. The standard InChI is InChI=1S/C14H15N3O2/c15-13(14(18)17-16)10-6-8-12(9-7-10)19-11-4-2-1-3-5-11/h1-9,13H,15-16H2,(H,17,18). The Bertz CT molecular complexity index is 540. The van der Waals surface area contributed by atoms with Crippen LogP contribution in [0.25, 0.3) is 0 Å². The van der Waals surface area contributed by atoms with Crippen molar-refractivity contribution in [2.75, 3.05) is 0 Å². The predicted molar refractivity (Wildman–Crippen MR) is 72.2 cm³/mol. The fourth-order valence-corrected chi connectivity index (χ4v) is 1.61. The Kier molecular flexibility index (Phi) is 4.12. The van der Waals surface area contributed by atoms with Crippen molar-refractivity contribution >= 4 is 5.91 Å². The van der Waals surface area contributed by atoms with E-state index < -0.39 is 11.9 Å². The Hall–Kier alpha value is -2.37. The van der Waals surface area contributed by atoms with Gasteiger partial charge < -0.3 is 10.5 Å². The van der Waals surface area contributed by atoms with E-state index >= 15 is 0 Å². The predicted octanol–water partition coefficient (Wildman–Crippen LogP) is 1.47. The summed E-state index contributed by atoms with van der Waals surface area (Å²) in [6.07, 6.45) is 0. The van der Waals surface area contributed by atoms with E-state index in [2.05, 4.69) is 0 Å². The van der Waals surface area contributed by atoms with E-state index in [4.69, 9.17) is 16.3 Å². The third kappa shape index (κ3) is 3.31. The minimum atomic E-state index is -0.782. The van der Waals surface area contributed by atoms with Crippen LogP contribution in [0.3, 0.4) is 0 Å². The normalized spacial score (nSPS) is 11.7. The number of hydrogen-bond acceptors (Lipinski definition) is 4. The molecule has 98 valence electrons. The summed E-state index contributed by atoms with van der Waals surface area (Å²) < 4.78 is 5.63. The smallest absolute Gasteiger partial charge is 0.255 e. The first kappa shape index (κ1) is 13.1. The Labute approximate surface area is 111 Å². The minimum absolute atomic E-state index is 0.434. The average Bonchev–Trinajstić information content (AvgIpc) is 2.47. The maximum Gasteiger partial charge on any atom is 0.255 e. The van der Waals surface area contributed by atoms with Crippen molar-refractivity contribution in [3.8, 4) is 11.5 Å². The van der Waals surface area contributed by atoms with E-state index in [0.717, 1.165) is 5.75 Å². The maximum absolute atomic E-state index is 11.3. The Morgan fingerprint density at radius 2 is 1.58 bits per heavy atom. The van der Waals surface area contributed by atoms with Gasteiger partial charge in [-0.15, -0.1) is 0 Å². The largest absolute Gasteiger partial charge is 0.457 e. The molecule has 0 saturated carbocycles. The van der Waals surface area contributed by atoms with E-state index in [9.17, 15) is 4.79 Å². The van der Waals surface area contributed by atoms with Crippen molar-refractivity contribution in [2.45, 2.75) is 6.04 Å². The number of nitrogens with two attached hydrogens (primary N) is 2. The molecule has 0 aliphatic heterocycles. The zero-order valence-corrected chi connectivity index (χ0v) is 10.2. The average molecular weight is 257 g/mol. The summed E-state index contributed by atoms with van der Waals surface area (Å²) in [5.41, 5.74) is 8.41. The van der Waals surface area contributed by atoms with E-state index in [1.807, 2.05) is 35.8 Å². The zero-order valence-electron chi connectivity index (χ0n) is 10.2. The summed E-state index contributed by atoms with van der Waals surface area (Å²) in [7, 11) is 0. The molecule has 5 nitrogen and oxygen atoms in total. The Morgan fingerprint density at radius 3 is 2.16 bits per heavy atom. The molecule has 5 N–H and O–H groups in total. The van der Waals surface area contributed by atoms with Gasteiger partial charge in [-0.25, -0.2) is 5.84 Å². The molecule has 0 bridgehead atoms. The molecule has 1 unspecified atom stereocenters. The van der Waals surface area contributed by atoms with Crippen LogP contribution in [0.5, 0.6) is 11.5 Å². The first-order chi connectivity index (χ1) is 9.20. The number of ether oxygens (including phenoxy) is 1. The van der Waals surface area contributed by atoms with Gasteiger partial charge >= 0.3 is 0 Å². The molecule has 0 aliphatic carbocycles. The molecule has 0 heterocycles. The highest BCUT2D eigenvalue weighted by Crippen LogP contribution is 2.22. The van der Waals surface area contributed by atoms with E-state index in [1.165, 1.54) is 0 Å². The molecular weight excluding hydrogens is 242 g/mol. The van der Waals surface area contributed by atoms with Crippen LogP contribution < -0.4 is 21.7 Å². The van der Waals surface area contributed by atoms with Crippen LogP contribution in [0.4, 0.5) is 0 Å². The quantitative estimate of drug-likeness (QED) is 0.439. The molecule has 0 aromatic heterocycles. The topological polar surface area (TPSA) is 90.4 Å². The minimum Gasteiger partial charge on any atom is -0.457 e. The molecule has 2 aromatic rings. The van der Waals surface area contributed by atoms with Crippen molar-refractivity contribution in [1.82, 2.24) is 5.43 Å². The molecule has 0 spiro atoms. The first-order valence-electron chi connectivity index (χ1n) is 5.79. The molecule has 2 aromatic carbocycles. The number of carbonyl (C=O) groups is 1. The molecule has 0 radical (unpaired) electrons. The van der Waals surface area contributed by atoms with Crippen molar-refractivity contribution in [3.05, 3.63) is 60.2 Å². The third-order valence-electron chi connectivity index (χ3n) is 2.64. The summed E-state index contributed by atoms with van der Waals surface area (Å²) in [5, 5.41) is 0. The highest BCUT2D eigenvalue weighted by molar-refractivity contribution is 5.82. The molecule has 0 aliphatic rings. The molecule has 19 heavy (non-hydrogen) atoms. The number of amides is 1. The van der Waals surface area contributed by atoms with Crippen LogP contribution in [0.15, 0.2) is 54.6 Å². The van der Waals surface area contributed by atoms with E-state index in [-0.39, 0.29) is 0 Å². The number of hydrazine groups is 1. The molecule has 2 rings (SSSR count). The molecule has 1 atom stereocenters. The van der Waals surface area contributed by atoms with Crippen molar-refractivity contribution in [1.29, 1.82) is 0 Å². The van der Waals surface area contributed by atoms with Gasteiger partial charge in [0.05, 0.1) is 0 Å². The lowest BCUT2D eigenvalue weighted by molar-refractivity contribution is -0.122. The van der Waals surface area contributed by atoms with E-state index in [0.29, 0.717) is 11.3 Å². The second-order valence-electron chi connectivity index (χ2n) is 3.97. The van der Waals surface area contributed by atoms with Crippen LogP contribution in [-0.4, -0.2) is 5.91 Å². The summed E-state index contributed by atoms with van der Waals surface area (Å²) in [5.74, 6) is 6.03. The number of hydrogen-bond donors (Lipinski definition) is 3.